The highest BCUT2D eigenvalue weighted by Gasteiger charge is 2.14. The molecule has 0 fully saturated rings. The molecule has 0 aliphatic heterocycles. The molecule has 11 heavy (non-hydrogen) atoms. The van der Waals surface area contributed by atoms with Crippen molar-refractivity contribution < 1.29 is 10.2 Å². The average molecular weight is 155 g/mol. The van der Waals surface area contributed by atoms with Gasteiger partial charge in [0.1, 0.15) is 0 Å². The van der Waals surface area contributed by atoms with Crippen LogP contribution in [-0.2, 0) is 0 Å². The fraction of sp³-hybridized carbons (Fsp3) is 0.500. The van der Waals surface area contributed by atoms with Crippen LogP contribution in [0.5, 0.6) is 0 Å². The van der Waals surface area contributed by atoms with E-state index in [1.54, 1.807) is 13.0 Å². The molecule has 0 aromatic carbocycles. The zero-order valence-electron chi connectivity index (χ0n) is 6.54. The highest BCUT2D eigenvalue weighted by atomic mass is 16.3. The molecule has 0 heterocycles. The number of aliphatic hydroxyl groups is 2. The van der Waals surface area contributed by atoms with Crippen LogP contribution in [0.15, 0.2) is 23.1 Å². The van der Waals surface area contributed by atoms with E-state index in [4.69, 9.17) is 10.8 Å². The van der Waals surface area contributed by atoms with Crippen molar-refractivity contribution in [3.05, 3.63) is 23.1 Å². The molecule has 1 aliphatic carbocycles. The fourth-order valence-corrected chi connectivity index (χ4v) is 1.12. The monoisotopic (exact) mass is 155 g/mol. The van der Waals surface area contributed by atoms with Gasteiger partial charge in [0, 0.05) is 17.7 Å². The number of hydrogen-bond donors (Lipinski definition) is 3. The second kappa shape index (κ2) is 2.96. The highest BCUT2D eigenvalue weighted by molar-refractivity contribution is 5.31. The van der Waals surface area contributed by atoms with Crippen LogP contribution < -0.4 is 5.73 Å². The van der Waals surface area contributed by atoms with Crippen molar-refractivity contribution in [3.8, 4) is 0 Å². The molecule has 1 rings (SSSR count). The predicted octanol–water partition coefficient (Wildman–Crippen LogP) is 0.816. The normalized spacial score (nSPS) is 21.5. The molecule has 62 valence electrons. The van der Waals surface area contributed by atoms with E-state index in [9.17, 15) is 5.11 Å². The molecule has 4 N–H and O–H groups in total. The summed E-state index contributed by atoms with van der Waals surface area (Å²) in [7, 11) is 0. The summed E-state index contributed by atoms with van der Waals surface area (Å²) in [6.07, 6.45) is 2.24. The minimum Gasteiger partial charge on any atom is -0.512 e. The Morgan fingerprint density at radius 3 is 2.64 bits per heavy atom. The smallest absolute Gasteiger partial charge is 0.0984 e. The minimum absolute atomic E-state index is 0.259. The third kappa shape index (κ3) is 1.74. The minimum atomic E-state index is -0.631. The lowest BCUT2D eigenvalue weighted by Gasteiger charge is -2.15. The maximum absolute atomic E-state index is 9.28. The van der Waals surface area contributed by atoms with Crippen LogP contribution in [0.4, 0.5) is 0 Å². The second-order valence-electron chi connectivity index (χ2n) is 2.80. The summed E-state index contributed by atoms with van der Waals surface area (Å²) in [5.41, 5.74) is 6.80. The Kier molecular flexibility index (Phi) is 2.19. The van der Waals surface area contributed by atoms with E-state index in [-0.39, 0.29) is 5.76 Å². The predicted molar refractivity (Wildman–Crippen MR) is 42.8 cm³/mol. The molecule has 0 aromatic rings. The molecule has 0 bridgehead atoms. The number of rotatable bonds is 1. The third-order valence-corrected chi connectivity index (χ3v) is 1.77. The Morgan fingerprint density at radius 1 is 1.55 bits per heavy atom. The zero-order valence-corrected chi connectivity index (χ0v) is 6.54. The lowest BCUT2D eigenvalue weighted by molar-refractivity contribution is 0.223. The molecule has 1 aliphatic rings. The van der Waals surface area contributed by atoms with Crippen LogP contribution >= 0.6 is 0 Å². The van der Waals surface area contributed by atoms with E-state index in [0.717, 1.165) is 5.70 Å². The van der Waals surface area contributed by atoms with E-state index in [1.165, 1.54) is 0 Å². The van der Waals surface area contributed by atoms with Gasteiger partial charge in [0.05, 0.1) is 11.9 Å². The lowest BCUT2D eigenvalue weighted by Crippen LogP contribution is -2.13. The Morgan fingerprint density at radius 2 is 2.18 bits per heavy atom. The molecule has 0 saturated carbocycles. The molecule has 3 heteroatoms. The van der Waals surface area contributed by atoms with Crippen molar-refractivity contribution in [2.75, 3.05) is 0 Å². The Labute approximate surface area is 65.8 Å². The van der Waals surface area contributed by atoms with Crippen molar-refractivity contribution >= 4 is 0 Å². The highest BCUT2D eigenvalue weighted by Crippen LogP contribution is 2.21. The summed E-state index contributed by atoms with van der Waals surface area (Å²) >= 11 is 0. The molecule has 0 radical (unpaired) electrons. The average Bonchev–Trinajstić information content (AvgIpc) is 1.94. The van der Waals surface area contributed by atoms with Gasteiger partial charge in [0.2, 0.25) is 0 Å². The molecule has 1 atom stereocenters. The summed E-state index contributed by atoms with van der Waals surface area (Å²) in [5, 5.41) is 18.4. The van der Waals surface area contributed by atoms with Gasteiger partial charge in [-0.15, -0.1) is 0 Å². The van der Waals surface area contributed by atoms with Gasteiger partial charge in [-0.1, -0.05) is 0 Å². The van der Waals surface area contributed by atoms with Crippen molar-refractivity contribution in [1.29, 1.82) is 0 Å². The summed E-state index contributed by atoms with van der Waals surface area (Å²) in [6.45, 7) is 1.61. The molecule has 3 nitrogen and oxygen atoms in total. The topological polar surface area (TPSA) is 66.5 Å². The SMILES string of the molecule is CC(O)C1=C(O)CCC(N)=C1. The van der Waals surface area contributed by atoms with Crippen molar-refractivity contribution in [2.24, 2.45) is 5.73 Å². The molecule has 0 saturated heterocycles. The van der Waals surface area contributed by atoms with Gasteiger partial charge in [-0.3, -0.25) is 0 Å². The van der Waals surface area contributed by atoms with Crippen LogP contribution in [0.3, 0.4) is 0 Å². The van der Waals surface area contributed by atoms with Gasteiger partial charge in [-0.05, 0) is 19.4 Å². The summed E-state index contributed by atoms with van der Waals surface area (Å²) in [6, 6.07) is 0. The number of aliphatic hydroxyl groups excluding tert-OH is 2. The van der Waals surface area contributed by atoms with Crippen LogP contribution in [0.1, 0.15) is 19.8 Å². The fourth-order valence-electron chi connectivity index (χ4n) is 1.12. The molecule has 1 unspecified atom stereocenters. The maximum atomic E-state index is 9.28. The first-order valence-corrected chi connectivity index (χ1v) is 3.67. The van der Waals surface area contributed by atoms with Crippen molar-refractivity contribution in [2.45, 2.75) is 25.9 Å². The number of allylic oxidation sites excluding steroid dienone is 2. The molecular formula is C8H13NO2. The lowest BCUT2D eigenvalue weighted by atomic mass is 9.99. The molecular weight excluding hydrogens is 142 g/mol. The van der Waals surface area contributed by atoms with E-state index < -0.39 is 6.10 Å². The first-order valence-electron chi connectivity index (χ1n) is 3.67. The van der Waals surface area contributed by atoms with Gasteiger partial charge in [-0.2, -0.15) is 0 Å². The third-order valence-electron chi connectivity index (χ3n) is 1.77. The first kappa shape index (κ1) is 8.14. The van der Waals surface area contributed by atoms with Crippen LogP contribution in [0.2, 0.25) is 0 Å². The van der Waals surface area contributed by atoms with Crippen molar-refractivity contribution in [3.63, 3.8) is 0 Å². The van der Waals surface area contributed by atoms with E-state index in [2.05, 4.69) is 0 Å². The standard InChI is InChI=1S/C8H13NO2/c1-5(10)7-4-6(9)2-3-8(7)11/h4-5,10-11H,2-3,9H2,1H3. The van der Waals surface area contributed by atoms with Crippen LogP contribution in [0, 0.1) is 0 Å². The molecule has 0 amide bonds. The Balaban J connectivity index is 2.89. The summed E-state index contributed by atoms with van der Waals surface area (Å²) in [4.78, 5) is 0. The van der Waals surface area contributed by atoms with Crippen molar-refractivity contribution in [1.82, 2.24) is 0 Å². The van der Waals surface area contributed by atoms with Gasteiger partial charge in [0.15, 0.2) is 0 Å². The zero-order chi connectivity index (χ0) is 8.43. The maximum Gasteiger partial charge on any atom is 0.0984 e. The second-order valence-corrected chi connectivity index (χ2v) is 2.80. The summed E-state index contributed by atoms with van der Waals surface area (Å²) in [5.74, 6) is 0.259. The Bertz CT molecular complexity index is 216. The van der Waals surface area contributed by atoms with Gasteiger partial charge in [0.25, 0.3) is 0 Å². The Hall–Kier alpha value is -0.960. The summed E-state index contributed by atoms with van der Waals surface area (Å²) < 4.78 is 0. The van der Waals surface area contributed by atoms with Gasteiger partial charge in [-0.25, -0.2) is 0 Å². The first-order chi connectivity index (χ1) is 5.11. The number of hydrogen-bond acceptors (Lipinski definition) is 3. The van der Waals surface area contributed by atoms with E-state index in [1.807, 2.05) is 0 Å². The van der Waals surface area contributed by atoms with E-state index in [0.29, 0.717) is 18.4 Å². The van der Waals surface area contributed by atoms with Gasteiger partial charge < -0.3 is 15.9 Å². The molecule has 0 aromatic heterocycles. The quantitative estimate of drug-likeness (QED) is 0.525. The largest absolute Gasteiger partial charge is 0.512 e. The van der Waals surface area contributed by atoms with Crippen LogP contribution in [0.25, 0.3) is 0 Å². The molecule has 0 spiro atoms. The number of nitrogens with two attached hydrogens (primary N) is 1. The van der Waals surface area contributed by atoms with E-state index >= 15 is 0 Å². The van der Waals surface area contributed by atoms with Crippen LogP contribution in [-0.4, -0.2) is 16.3 Å². The van der Waals surface area contributed by atoms with Gasteiger partial charge >= 0.3 is 0 Å².